The lowest BCUT2D eigenvalue weighted by atomic mass is 10.3. The number of carbonyl (C=O) groups is 1. The fourth-order valence-corrected chi connectivity index (χ4v) is 1.54. The van der Waals surface area contributed by atoms with Gasteiger partial charge < -0.3 is 9.84 Å². The molecule has 0 unspecified atom stereocenters. The topological polar surface area (TPSA) is 77.2 Å². The Hall–Kier alpha value is -2.37. The van der Waals surface area contributed by atoms with Crippen LogP contribution in [0.25, 0.3) is 5.69 Å². The van der Waals surface area contributed by atoms with E-state index < -0.39 is 5.97 Å². The van der Waals surface area contributed by atoms with Crippen LogP contribution in [0, 0.1) is 0 Å². The average Bonchev–Trinajstić information content (AvgIpc) is 2.77. The molecule has 18 heavy (non-hydrogen) atoms. The number of aliphatic carboxylic acids is 1. The molecular formula is C12H13N3O3. The van der Waals surface area contributed by atoms with Crippen LogP contribution in [0.3, 0.4) is 0 Å². The van der Waals surface area contributed by atoms with Gasteiger partial charge >= 0.3 is 5.97 Å². The summed E-state index contributed by atoms with van der Waals surface area (Å²) < 4.78 is 6.91. The van der Waals surface area contributed by atoms with Gasteiger partial charge in [0, 0.05) is 6.07 Å². The standard InChI is InChI=1S/C12H13N3O3/c1-2-18-11-5-3-4-10(7-11)15-8-9(13-14-15)6-12(16)17/h3-5,7-8H,2,6H2,1H3,(H,16,17). The Kier molecular flexibility index (Phi) is 3.57. The predicted molar refractivity (Wildman–Crippen MR) is 63.9 cm³/mol. The molecule has 0 aliphatic carbocycles. The molecule has 2 rings (SSSR count). The number of carboxylic acid groups (broad SMARTS) is 1. The fraction of sp³-hybridized carbons (Fsp3) is 0.250. The monoisotopic (exact) mass is 247 g/mol. The SMILES string of the molecule is CCOc1cccc(-n2cc(CC(=O)O)nn2)c1. The lowest BCUT2D eigenvalue weighted by molar-refractivity contribution is -0.136. The maximum atomic E-state index is 10.6. The second-order valence-corrected chi connectivity index (χ2v) is 3.66. The molecule has 1 N–H and O–H groups in total. The molecule has 0 aliphatic rings. The van der Waals surface area contributed by atoms with Gasteiger partial charge in [-0.25, -0.2) is 4.68 Å². The van der Waals surface area contributed by atoms with E-state index >= 15 is 0 Å². The third kappa shape index (κ3) is 2.85. The van der Waals surface area contributed by atoms with Crippen molar-refractivity contribution in [3.05, 3.63) is 36.2 Å². The van der Waals surface area contributed by atoms with E-state index in [0.29, 0.717) is 12.3 Å². The van der Waals surface area contributed by atoms with Gasteiger partial charge in [-0.15, -0.1) is 5.10 Å². The summed E-state index contributed by atoms with van der Waals surface area (Å²) in [6.45, 7) is 2.50. The van der Waals surface area contributed by atoms with E-state index in [4.69, 9.17) is 9.84 Å². The second-order valence-electron chi connectivity index (χ2n) is 3.66. The van der Waals surface area contributed by atoms with Crippen molar-refractivity contribution >= 4 is 5.97 Å². The van der Waals surface area contributed by atoms with Gasteiger partial charge in [0.05, 0.1) is 30.6 Å². The van der Waals surface area contributed by atoms with Crippen molar-refractivity contribution in [2.75, 3.05) is 6.61 Å². The van der Waals surface area contributed by atoms with Gasteiger partial charge in [-0.1, -0.05) is 11.3 Å². The number of ether oxygens (including phenoxy) is 1. The number of hydrogen-bond acceptors (Lipinski definition) is 4. The third-order valence-corrected chi connectivity index (χ3v) is 2.27. The highest BCUT2D eigenvalue weighted by Crippen LogP contribution is 2.16. The van der Waals surface area contributed by atoms with Crippen LogP contribution in [0.5, 0.6) is 5.75 Å². The summed E-state index contributed by atoms with van der Waals surface area (Å²) in [7, 11) is 0. The van der Waals surface area contributed by atoms with Crippen LogP contribution >= 0.6 is 0 Å². The van der Waals surface area contributed by atoms with Crippen LogP contribution in [-0.4, -0.2) is 32.7 Å². The van der Waals surface area contributed by atoms with Gasteiger partial charge in [0.1, 0.15) is 5.75 Å². The van der Waals surface area contributed by atoms with Crippen LogP contribution in [-0.2, 0) is 11.2 Å². The van der Waals surface area contributed by atoms with E-state index in [1.54, 1.807) is 6.20 Å². The van der Waals surface area contributed by atoms with Gasteiger partial charge in [-0.3, -0.25) is 4.79 Å². The first kappa shape index (κ1) is 12.1. The van der Waals surface area contributed by atoms with E-state index in [2.05, 4.69) is 10.3 Å². The first-order valence-electron chi connectivity index (χ1n) is 5.55. The first-order valence-corrected chi connectivity index (χ1v) is 5.55. The van der Waals surface area contributed by atoms with Gasteiger partial charge in [-0.2, -0.15) is 0 Å². The zero-order valence-corrected chi connectivity index (χ0v) is 9.91. The van der Waals surface area contributed by atoms with Crippen molar-refractivity contribution in [3.63, 3.8) is 0 Å². The van der Waals surface area contributed by atoms with Gasteiger partial charge in [0.15, 0.2) is 0 Å². The van der Waals surface area contributed by atoms with E-state index in [1.165, 1.54) is 4.68 Å². The fourth-order valence-electron chi connectivity index (χ4n) is 1.54. The summed E-state index contributed by atoms with van der Waals surface area (Å²) in [5.74, 6) is -0.185. The normalized spacial score (nSPS) is 10.3. The number of carboxylic acids is 1. The molecule has 0 amide bonds. The molecule has 94 valence electrons. The molecule has 1 aromatic carbocycles. The molecule has 0 bridgehead atoms. The van der Waals surface area contributed by atoms with Crippen molar-refractivity contribution in [2.24, 2.45) is 0 Å². The third-order valence-electron chi connectivity index (χ3n) is 2.27. The highest BCUT2D eigenvalue weighted by molar-refractivity contribution is 5.69. The molecule has 2 aromatic rings. The highest BCUT2D eigenvalue weighted by Gasteiger charge is 2.07. The van der Waals surface area contributed by atoms with Crippen molar-refractivity contribution in [3.8, 4) is 11.4 Å². The van der Waals surface area contributed by atoms with Crippen molar-refractivity contribution < 1.29 is 14.6 Å². The molecule has 1 aromatic heterocycles. The van der Waals surface area contributed by atoms with Crippen molar-refractivity contribution in [1.82, 2.24) is 15.0 Å². The number of hydrogen-bond donors (Lipinski definition) is 1. The minimum Gasteiger partial charge on any atom is -0.494 e. The maximum Gasteiger partial charge on any atom is 0.309 e. The Morgan fingerprint density at radius 1 is 1.50 bits per heavy atom. The van der Waals surface area contributed by atoms with Crippen molar-refractivity contribution in [1.29, 1.82) is 0 Å². The van der Waals surface area contributed by atoms with E-state index in [-0.39, 0.29) is 6.42 Å². The zero-order valence-electron chi connectivity index (χ0n) is 9.91. The number of rotatable bonds is 5. The lowest BCUT2D eigenvalue weighted by Crippen LogP contribution is -2.00. The zero-order chi connectivity index (χ0) is 13.0. The number of aromatic nitrogens is 3. The molecule has 0 fully saturated rings. The molecule has 0 aliphatic heterocycles. The van der Waals surface area contributed by atoms with Crippen LogP contribution < -0.4 is 4.74 Å². The summed E-state index contributed by atoms with van der Waals surface area (Å²) in [5.41, 5.74) is 1.20. The lowest BCUT2D eigenvalue weighted by Gasteiger charge is -2.05. The van der Waals surface area contributed by atoms with Crippen LogP contribution in [0.1, 0.15) is 12.6 Å². The molecule has 0 saturated heterocycles. The van der Waals surface area contributed by atoms with E-state index in [1.807, 2.05) is 31.2 Å². The maximum absolute atomic E-state index is 10.6. The Bertz CT molecular complexity index is 551. The van der Waals surface area contributed by atoms with Crippen molar-refractivity contribution in [2.45, 2.75) is 13.3 Å². The van der Waals surface area contributed by atoms with Crippen LogP contribution in [0.2, 0.25) is 0 Å². The molecule has 0 spiro atoms. The summed E-state index contributed by atoms with van der Waals surface area (Å²) in [5, 5.41) is 16.4. The van der Waals surface area contributed by atoms with Crippen LogP contribution in [0.4, 0.5) is 0 Å². The largest absolute Gasteiger partial charge is 0.494 e. The first-order chi connectivity index (χ1) is 8.69. The Balaban J connectivity index is 2.22. The molecule has 0 atom stereocenters. The van der Waals surface area contributed by atoms with E-state index in [0.717, 1.165) is 11.4 Å². The minimum absolute atomic E-state index is 0.134. The quantitative estimate of drug-likeness (QED) is 0.861. The summed E-state index contributed by atoms with van der Waals surface area (Å²) in [4.78, 5) is 10.6. The molecule has 1 heterocycles. The number of benzene rings is 1. The average molecular weight is 247 g/mol. The van der Waals surface area contributed by atoms with Gasteiger partial charge in [-0.05, 0) is 19.1 Å². The summed E-state index contributed by atoms with van der Waals surface area (Å²) in [6.07, 6.45) is 1.46. The summed E-state index contributed by atoms with van der Waals surface area (Å²) in [6, 6.07) is 7.37. The predicted octanol–water partition coefficient (Wildman–Crippen LogP) is 1.29. The Labute approximate surface area is 104 Å². The Morgan fingerprint density at radius 2 is 2.33 bits per heavy atom. The minimum atomic E-state index is -0.926. The molecule has 6 heteroatoms. The molecular weight excluding hydrogens is 234 g/mol. The highest BCUT2D eigenvalue weighted by atomic mass is 16.5. The molecule has 6 nitrogen and oxygen atoms in total. The smallest absolute Gasteiger partial charge is 0.309 e. The molecule has 0 radical (unpaired) electrons. The van der Waals surface area contributed by atoms with Gasteiger partial charge in [0.25, 0.3) is 0 Å². The van der Waals surface area contributed by atoms with Gasteiger partial charge in [0.2, 0.25) is 0 Å². The molecule has 0 saturated carbocycles. The summed E-state index contributed by atoms with van der Waals surface area (Å²) >= 11 is 0. The van der Waals surface area contributed by atoms with E-state index in [9.17, 15) is 4.79 Å². The number of nitrogens with zero attached hydrogens (tertiary/aromatic N) is 3. The Morgan fingerprint density at radius 3 is 3.06 bits per heavy atom. The second kappa shape index (κ2) is 5.31. The van der Waals surface area contributed by atoms with Crippen LogP contribution in [0.15, 0.2) is 30.5 Å².